The summed E-state index contributed by atoms with van der Waals surface area (Å²) in [5, 5.41) is 0. The van der Waals surface area contributed by atoms with Crippen LogP contribution in [0.25, 0.3) is 0 Å². The van der Waals surface area contributed by atoms with Crippen molar-refractivity contribution in [2.45, 2.75) is 83.2 Å². The van der Waals surface area contributed by atoms with Crippen molar-refractivity contribution in [2.75, 3.05) is 24.5 Å². The topological polar surface area (TPSA) is 47.0 Å². The highest BCUT2D eigenvalue weighted by Gasteiger charge is 2.46. The lowest BCUT2D eigenvalue weighted by Crippen LogP contribution is -2.50. The maximum absolute atomic E-state index is 12.9. The van der Waals surface area contributed by atoms with Gasteiger partial charge in [0.25, 0.3) is 0 Å². The maximum atomic E-state index is 12.9. The fourth-order valence-corrected chi connectivity index (χ4v) is 5.69. The summed E-state index contributed by atoms with van der Waals surface area (Å²) in [6, 6.07) is 8.93. The first-order valence-corrected chi connectivity index (χ1v) is 14.2. The van der Waals surface area contributed by atoms with Crippen molar-refractivity contribution < 1.29 is 9.35 Å². The van der Waals surface area contributed by atoms with Gasteiger partial charge in [-0.2, -0.15) is 3.71 Å². The smallest absolute Gasteiger partial charge is 0.246 e. The normalized spacial score (nSPS) is 23.9. The molecule has 1 aromatic carbocycles. The molecule has 8 heteroatoms. The van der Waals surface area contributed by atoms with Crippen molar-refractivity contribution in [3.05, 3.63) is 29.8 Å². The summed E-state index contributed by atoms with van der Waals surface area (Å²) in [4.78, 5) is 17.4. The van der Waals surface area contributed by atoms with Crippen LogP contribution < -0.4 is 4.90 Å². The van der Waals surface area contributed by atoms with E-state index < -0.39 is 16.0 Å². The Morgan fingerprint density at radius 1 is 1.19 bits per heavy atom. The Kier molecular flexibility index (Phi) is 8.97. The van der Waals surface area contributed by atoms with Crippen LogP contribution in [0.5, 0.6) is 0 Å². The molecule has 3 fully saturated rings. The second-order valence-electron chi connectivity index (χ2n) is 8.66. The molecule has 2 saturated carbocycles. The first-order chi connectivity index (χ1) is 14.9. The van der Waals surface area contributed by atoms with Crippen molar-refractivity contribution in [2.24, 2.45) is 0 Å². The van der Waals surface area contributed by atoms with Crippen LogP contribution in [0.4, 0.5) is 5.69 Å². The molecule has 1 N–H and O–H groups in total. The largest absolute Gasteiger partial charge is 0.315 e. The highest BCUT2D eigenvalue weighted by molar-refractivity contribution is 8.27. The Balaban J connectivity index is 0.00000132. The standard InChI is InChI=1S/C21H31N3O2S3.C2H6/c1-2-22(17-5-3-6-17)15-21(12-13-21)16-8-10-18(11-9-16)23-14-4-7-19(20(23)25)24(27)29(26)28;1-2/h8-11,17,19,27H,2-7,12-15H2,1H3,(H,26,28);1-2H3. The summed E-state index contributed by atoms with van der Waals surface area (Å²) < 4.78 is 11.0. The summed E-state index contributed by atoms with van der Waals surface area (Å²) >= 11 is 9.14. The van der Waals surface area contributed by atoms with E-state index in [2.05, 4.69) is 48.9 Å². The van der Waals surface area contributed by atoms with Crippen molar-refractivity contribution in [3.8, 4) is 0 Å². The first kappa shape index (κ1) is 25.1. The summed E-state index contributed by atoms with van der Waals surface area (Å²) in [6.07, 6.45) is 8.14. The van der Waals surface area contributed by atoms with Gasteiger partial charge in [-0.15, -0.1) is 0 Å². The Bertz CT molecular complexity index is 766. The zero-order valence-electron chi connectivity index (χ0n) is 19.0. The van der Waals surface area contributed by atoms with E-state index in [0.29, 0.717) is 18.4 Å². The molecule has 1 saturated heterocycles. The first-order valence-electron chi connectivity index (χ1n) is 11.7. The second-order valence-corrected chi connectivity index (χ2v) is 11.1. The summed E-state index contributed by atoms with van der Waals surface area (Å²) in [7, 11) is -1.44. The number of amides is 1. The van der Waals surface area contributed by atoms with Gasteiger partial charge >= 0.3 is 0 Å². The van der Waals surface area contributed by atoms with Crippen molar-refractivity contribution in [1.82, 2.24) is 8.61 Å². The molecule has 0 spiro atoms. The number of piperidine rings is 1. The predicted octanol–water partition coefficient (Wildman–Crippen LogP) is 4.73. The molecule has 0 radical (unpaired) electrons. The third-order valence-corrected chi connectivity index (χ3v) is 9.12. The number of nitrogens with zero attached hydrogens (tertiary/aromatic N) is 3. The van der Waals surface area contributed by atoms with Gasteiger partial charge in [-0.05, 0) is 74.0 Å². The van der Waals surface area contributed by atoms with Crippen LogP contribution in [-0.2, 0) is 31.3 Å². The van der Waals surface area contributed by atoms with Crippen molar-refractivity contribution >= 4 is 45.5 Å². The predicted molar refractivity (Wildman–Crippen MR) is 137 cm³/mol. The number of rotatable bonds is 8. The number of carbonyl (C=O) groups excluding carboxylic acids is 1. The lowest BCUT2D eigenvalue weighted by molar-refractivity contribution is -0.122. The van der Waals surface area contributed by atoms with E-state index in [1.54, 1.807) is 0 Å². The Labute approximate surface area is 200 Å². The minimum absolute atomic E-state index is 0.0290. The SMILES string of the molecule is CC.CCN(CC1(c2ccc(N3CCCC(N(S)S(O)=S)C3=O)cc2)CC1)C1CCC1. The van der Waals surface area contributed by atoms with E-state index in [1.807, 2.05) is 18.7 Å². The molecule has 2 unspecified atom stereocenters. The summed E-state index contributed by atoms with van der Waals surface area (Å²) in [5.41, 5.74) is 2.63. The van der Waals surface area contributed by atoms with Crippen LogP contribution in [0.15, 0.2) is 24.3 Å². The zero-order chi connectivity index (χ0) is 22.6. The van der Waals surface area contributed by atoms with Gasteiger partial charge in [0.2, 0.25) is 5.91 Å². The van der Waals surface area contributed by atoms with E-state index in [-0.39, 0.29) is 5.91 Å². The average molecular weight is 484 g/mol. The molecule has 1 heterocycles. The van der Waals surface area contributed by atoms with E-state index in [1.165, 1.54) is 41.4 Å². The van der Waals surface area contributed by atoms with Gasteiger partial charge in [0.1, 0.15) is 6.04 Å². The molecule has 2 aliphatic carbocycles. The number of benzene rings is 1. The van der Waals surface area contributed by atoms with E-state index in [4.69, 9.17) is 11.2 Å². The summed E-state index contributed by atoms with van der Waals surface area (Å²) in [5.74, 6) is -0.0290. The van der Waals surface area contributed by atoms with Crippen LogP contribution >= 0.6 is 12.8 Å². The lowest BCUT2D eigenvalue weighted by atomic mass is 9.88. The molecule has 174 valence electrons. The quantitative estimate of drug-likeness (QED) is 0.524. The molecule has 2 atom stereocenters. The van der Waals surface area contributed by atoms with Gasteiger partial charge in [-0.3, -0.25) is 9.69 Å². The van der Waals surface area contributed by atoms with Crippen LogP contribution in [0.3, 0.4) is 0 Å². The minimum atomic E-state index is -1.44. The number of likely N-dealkylation sites (N-methyl/N-ethyl adjacent to an activating group) is 1. The fraction of sp³-hybridized carbons (Fsp3) is 0.696. The minimum Gasteiger partial charge on any atom is -0.315 e. The van der Waals surface area contributed by atoms with E-state index in [9.17, 15) is 9.35 Å². The molecule has 0 aromatic heterocycles. The van der Waals surface area contributed by atoms with E-state index in [0.717, 1.165) is 31.2 Å². The van der Waals surface area contributed by atoms with Crippen LogP contribution in [0, 0.1) is 0 Å². The molecule has 1 amide bonds. The van der Waals surface area contributed by atoms with Gasteiger partial charge in [0, 0.05) is 30.2 Å². The Hall–Kier alpha value is -0.510. The fourth-order valence-electron chi connectivity index (χ4n) is 4.75. The molecule has 4 rings (SSSR count). The molecular formula is C23H37N3O2S3. The molecule has 5 nitrogen and oxygen atoms in total. The van der Waals surface area contributed by atoms with Crippen molar-refractivity contribution in [3.63, 3.8) is 0 Å². The lowest BCUT2D eigenvalue weighted by Gasteiger charge is -2.39. The van der Waals surface area contributed by atoms with Crippen LogP contribution in [0.2, 0.25) is 0 Å². The average Bonchev–Trinajstić information content (AvgIpc) is 3.54. The number of carbonyl (C=O) groups is 1. The molecular weight excluding hydrogens is 446 g/mol. The van der Waals surface area contributed by atoms with Gasteiger partial charge in [0.15, 0.2) is 0 Å². The van der Waals surface area contributed by atoms with Gasteiger partial charge in [-0.25, -0.2) is 0 Å². The highest BCUT2D eigenvalue weighted by Crippen LogP contribution is 2.50. The Morgan fingerprint density at radius 3 is 2.32 bits per heavy atom. The number of thiol groups is 1. The van der Waals surface area contributed by atoms with Crippen molar-refractivity contribution in [1.29, 1.82) is 0 Å². The highest BCUT2D eigenvalue weighted by atomic mass is 32.8. The number of hydrogen-bond donors (Lipinski definition) is 2. The molecule has 31 heavy (non-hydrogen) atoms. The summed E-state index contributed by atoms with van der Waals surface area (Å²) in [6.45, 7) is 9.26. The van der Waals surface area contributed by atoms with Gasteiger partial charge in [0.05, 0.1) is 9.92 Å². The molecule has 1 aliphatic heterocycles. The Morgan fingerprint density at radius 2 is 1.84 bits per heavy atom. The monoisotopic (exact) mass is 483 g/mol. The van der Waals surface area contributed by atoms with E-state index >= 15 is 0 Å². The van der Waals surface area contributed by atoms with Crippen LogP contribution in [-0.4, -0.2) is 50.8 Å². The maximum Gasteiger partial charge on any atom is 0.246 e. The van der Waals surface area contributed by atoms with Gasteiger partial charge in [-0.1, -0.05) is 52.1 Å². The third kappa shape index (κ3) is 5.53. The number of anilines is 1. The van der Waals surface area contributed by atoms with Crippen LogP contribution in [0.1, 0.15) is 71.3 Å². The second kappa shape index (κ2) is 11.1. The third-order valence-electron chi connectivity index (χ3n) is 6.98. The van der Waals surface area contributed by atoms with Gasteiger partial charge < -0.3 is 9.45 Å². The zero-order valence-corrected chi connectivity index (χ0v) is 21.5. The molecule has 1 aromatic rings. The molecule has 0 bridgehead atoms. The number of hydrogen-bond acceptors (Lipinski definition) is 4. The molecule has 3 aliphatic rings.